The maximum absolute atomic E-state index is 13.1. The molecule has 0 spiro atoms. The van der Waals surface area contributed by atoms with E-state index in [1.54, 1.807) is 24.1 Å². The number of carbonyl (C=O) groups excluding carboxylic acids is 2. The fourth-order valence-electron chi connectivity index (χ4n) is 3.03. The molecule has 2 atom stereocenters. The molecule has 0 heterocycles. The molecule has 0 aliphatic carbocycles. The molecule has 0 bridgehead atoms. The zero-order valence-electron chi connectivity index (χ0n) is 18.3. The van der Waals surface area contributed by atoms with E-state index in [-0.39, 0.29) is 24.5 Å². The molecule has 0 aliphatic rings. The van der Waals surface area contributed by atoms with Crippen molar-refractivity contribution in [2.24, 2.45) is 0 Å². The van der Waals surface area contributed by atoms with E-state index in [0.29, 0.717) is 18.7 Å². The summed E-state index contributed by atoms with van der Waals surface area (Å²) < 4.78 is 10.9. The minimum absolute atomic E-state index is 0.0463. The molecule has 2 amide bonds. The second-order valence-corrected chi connectivity index (χ2v) is 7.21. The third-order valence-electron chi connectivity index (χ3n) is 5.00. The number of para-hydroxylation sites is 1. The second kappa shape index (κ2) is 11.9. The molecule has 6 nitrogen and oxygen atoms in total. The lowest BCUT2D eigenvalue weighted by Crippen LogP contribution is -2.51. The van der Waals surface area contributed by atoms with Gasteiger partial charge in [0.2, 0.25) is 5.91 Å². The van der Waals surface area contributed by atoms with Crippen molar-refractivity contribution in [2.45, 2.75) is 52.2 Å². The van der Waals surface area contributed by atoms with Gasteiger partial charge in [0.1, 0.15) is 17.5 Å². The molecule has 0 radical (unpaired) electrons. The number of amides is 2. The topological polar surface area (TPSA) is 67.9 Å². The van der Waals surface area contributed by atoms with Crippen LogP contribution in [0.5, 0.6) is 11.5 Å². The molecule has 0 aliphatic heterocycles. The van der Waals surface area contributed by atoms with E-state index in [0.717, 1.165) is 17.7 Å². The Kier molecular flexibility index (Phi) is 9.19. The van der Waals surface area contributed by atoms with E-state index >= 15 is 0 Å². The number of carbonyl (C=O) groups is 2. The molecule has 0 unspecified atom stereocenters. The Morgan fingerprint density at radius 2 is 1.63 bits per heavy atom. The van der Waals surface area contributed by atoms with E-state index in [1.807, 2.05) is 63.2 Å². The normalized spacial score (nSPS) is 12.5. The van der Waals surface area contributed by atoms with Crippen LogP contribution in [-0.4, -0.2) is 42.5 Å². The first-order valence-corrected chi connectivity index (χ1v) is 10.4. The summed E-state index contributed by atoms with van der Waals surface area (Å²) in [5.74, 6) is 0.979. The molecule has 0 fully saturated rings. The second-order valence-electron chi connectivity index (χ2n) is 7.21. The van der Waals surface area contributed by atoms with Crippen molar-refractivity contribution in [1.82, 2.24) is 10.2 Å². The number of methoxy groups -OCH3 is 1. The summed E-state index contributed by atoms with van der Waals surface area (Å²) in [5.41, 5.74) is 0.915. The SMILES string of the molecule is CC[C@H](C)NC(=O)[C@H](CC)N(Cc1ccc(OC)cc1)C(=O)COc1ccccc1. The van der Waals surface area contributed by atoms with Crippen LogP contribution < -0.4 is 14.8 Å². The average Bonchev–Trinajstić information content (AvgIpc) is 2.78. The van der Waals surface area contributed by atoms with Gasteiger partial charge in [-0.2, -0.15) is 0 Å². The Morgan fingerprint density at radius 1 is 0.967 bits per heavy atom. The summed E-state index contributed by atoms with van der Waals surface area (Å²) in [6, 6.07) is 16.1. The first kappa shape index (κ1) is 23.3. The van der Waals surface area contributed by atoms with Gasteiger partial charge in [0.15, 0.2) is 6.61 Å². The van der Waals surface area contributed by atoms with Crippen LogP contribution >= 0.6 is 0 Å². The lowest BCUT2D eigenvalue weighted by Gasteiger charge is -2.31. The molecule has 2 aromatic carbocycles. The molecule has 2 aromatic rings. The molecule has 1 N–H and O–H groups in total. The van der Waals surface area contributed by atoms with Crippen LogP contribution in [0.2, 0.25) is 0 Å². The summed E-state index contributed by atoms with van der Waals surface area (Å²) in [5, 5.41) is 3.00. The number of nitrogens with zero attached hydrogens (tertiary/aromatic N) is 1. The van der Waals surface area contributed by atoms with Crippen LogP contribution in [0.1, 0.15) is 39.2 Å². The van der Waals surface area contributed by atoms with Crippen LogP contribution in [-0.2, 0) is 16.1 Å². The maximum Gasteiger partial charge on any atom is 0.261 e. The molecule has 30 heavy (non-hydrogen) atoms. The average molecular weight is 413 g/mol. The Morgan fingerprint density at radius 3 is 2.20 bits per heavy atom. The van der Waals surface area contributed by atoms with Gasteiger partial charge in [0.05, 0.1) is 7.11 Å². The third kappa shape index (κ3) is 6.79. The molecule has 6 heteroatoms. The fourth-order valence-corrected chi connectivity index (χ4v) is 3.03. The summed E-state index contributed by atoms with van der Waals surface area (Å²) in [6.45, 7) is 6.06. The zero-order valence-corrected chi connectivity index (χ0v) is 18.3. The van der Waals surface area contributed by atoms with Crippen molar-refractivity contribution in [3.63, 3.8) is 0 Å². The highest BCUT2D eigenvalue weighted by Gasteiger charge is 2.29. The van der Waals surface area contributed by atoms with Gasteiger partial charge in [-0.05, 0) is 49.6 Å². The lowest BCUT2D eigenvalue weighted by molar-refractivity contribution is -0.143. The Labute approximate surface area is 179 Å². The number of hydrogen-bond acceptors (Lipinski definition) is 4. The van der Waals surface area contributed by atoms with Crippen LogP contribution in [0.4, 0.5) is 0 Å². The molecular formula is C24H32N2O4. The molecule has 0 saturated carbocycles. The molecule has 2 rings (SSSR count). The minimum Gasteiger partial charge on any atom is -0.497 e. The highest BCUT2D eigenvalue weighted by atomic mass is 16.5. The molecule has 0 aromatic heterocycles. The number of ether oxygens (including phenoxy) is 2. The van der Waals surface area contributed by atoms with Gasteiger partial charge in [-0.15, -0.1) is 0 Å². The largest absolute Gasteiger partial charge is 0.497 e. The van der Waals surface area contributed by atoms with Gasteiger partial charge in [-0.25, -0.2) is 0 Å². The van der Waals surface area contributed by atoms with Crippen molar-refractivity contribution in [3.8, 4) is 11.5 Å². The van der Waals surface area contributed by atoms with Gasteiger partial charge in [-0.3, -0.25) is 9.59 Å². The van der Waals surface area contributed by atoms with Gasteiger partial charge in [0, 0.05) is 12.6 Å². The van der Waals surface area contributed by atoms with Gasteiger partial charge >= 0.3 is 0 Å². The van der Waals surface area contributed by atoms with Crippen molar-refractivity contribution < 1.29 is 19.1 Å². The Balaban J connectivity index is 2.19. The van der Waals surface area contributed by atoms with Crippen LogP contribution in [0.3, 0.4) is 0 Å². The lowest BCUT2D eigenvalue weighted by atomic mass is 10.1. The van der Waals surface area contributed by atoms with E-state index in [1.165, 1.54) is 0 Å². The number of rotatable bonds is 11. The van der Waals surface area contributed by atoms with Crippen molar-refractivity contribution in [3.05, 3.63) is 60.2 Å². The van der Waals surface area contributed by atoms with Crippen molar-refractivity contribution >= 4 is 11.8 Å². The van der Waals surface area contributed by atoms with E-state index in [9.17, 15) is 9.59 Å². The van der Waals surface area contributed by atoms with Gasteiger partial charge < -0.3 is 19.7 Å². The zero-order chi connectivity index (χ0) is 21.9. The van der Waals surface area contributed by atoms with E-state index in [4.69, 9.17) is 9.47 Å². The van der Waals surface area contributed by atoms with E-state index in [2.05, 4.69) is 5.32 Å². The maximum atomic E-state index is 13.1. The molecule has 162 valence electrons. The smallest absolute Gasteiger partial charge is 0.261 e. The summed E-state index contributed by atoms with van der Waals surface area (Å²) >= 11 is 0. The number of benzene rings is 2. The monoisotopic (exact) mass is 412 g/mol. The highest BCUT2D eigenvalue weighted by Crippen LogP contribution is 2.17. The number of hydrogen-bond donors (Lipinski definition) is 1. The fraction of sp³-hybridized carbons (Fsp3) is 0.417. The molecule has 0 saturated heterocycles. The van der Waals surface area contributed by atoms with Crippen LogP contribution in [0.25, 0.3) is 0 Å². The Bertz CT molecular complexity index is 793. The molecular weight excluding hydrogens is 380 g/mol. The third-order valence-corrected chi connectivity index (χ3v) is 5.00. The van der Waals surface area contributed by atoms with Crippen LogP contribution in [0, 0.1) is 0 Å². The van der Waals surface area contributed by atoms with Crippen LogP contribution in [0.15, 0.2) is 54.6 Å². The van der Waals surface area contributed by atoms with Gasteiger partial charge in [-0.1, -0.05) is 44.2 Å². The highest BCUT2D eigenvalue weighted by molar-refractivity contribution is 5.88. The first-order chi connectivity index (χ1) is 14.5. The van der Waals surface area contributed by atoms with E-state index < -0.39 is 6.04 Å². The van der Waals surface area contributed by atoms with Crippen molar-refractivity contribution in [1.29, 1.82) is 0 Å². The predicted molar refractivity (Wildman–Crippen MR) is 117 cm³/mol. The predicted octanol–water partition coefficient (Wildman–Crippen LogP) is 3.80. The number of nitrogens with one attached hydrogen (secondary N) is 1. The first-order valence-electron chi connectivity index (χ1n) is 10.4. The quantitative estimate of drug-likeness (QED) is 0.610. The minimum atomic E-state index is -0.576. The standard InChI is InChI=1S/C24H32N2O4/c1-5-18(3)25-24(28)22(6-2)26(16-19-12-14-20(29-4)15-13-19)23(27)17-30-21-10-8-7-9-11-21/h7-15,18,22H,5-6,16-17H2,1-4H3,(H,25,28)/t18-,22-/m0/s1. The summed E-state index contributed by atoms with van der Waals surface area (Å²) in [4.78, 5) is 27.6. The summed E-state index contributed by atoms with van der Waals surface area (Å²) in [6.07, 6.45) is 1.33. The van der Waals surface area contributed by atoms with Gasteiger partial charge in [0.25, 0.3) is 5.91 Å². The van der Waals surface area contributed by atoms with Crippen molar-refractivity contribution in [2.75, 3.05) is 13.7 Å². The summed E-state index contributed by atoms with van der Waals surface area (Å²) in [7, 11) is 1.61. The Hall–Kier alpha value is -3.02.